The summed E-state index contributed by atoms with van der Waals surface area (Å²) in [6, 6.07) is 12.9. The number of hydrogen-bond donors (Lipinski definition) is 3. The maximum Gasteiger partial charge on any atom is 0.416 e. The highest BCUT2D eigenvalue weighted by atomic mass is 19.4. The summed E-state index contributed by atoms with van der Waals surface area (Å²) < 4.78 is 38.5. The molecule has 2 fully saturated rings. The van der Waals surface area contributed by atoms with Crippen molar-refractivity contribution < 1.29 is 22.8 Å². The Morgan fingerprint density at radius 1 is 1.03 bits per heavy atom. The molecule has 1 saturated heterocycles. The molecular weight excluding hydrogens is 499 g/mol. The number of rotatable bonds is 7. The molecule has 3 aromatic rings. The minimum atomic E-state index is -4.54. The first-order valence-electron chi connectivity index (χ1n) is 12.6. The van der Waals surface area contributed by atoms with E-state index in [2.05, 4.69) is 48.3 Å². The lowest BCUT2D eigenvalue weighted by molar-refractivity contribution is -0.137. The number of alkyl halides is 3. The third kappa shape index (κ3) is 6.01. The second-order valence-corrected chi connectivity index (χ2v) is 9.84. The van der Waals surface area contributed by atoms with Gasteiger partial charge in [0.05, 0.1) is 18.2 Å². The van der Waals surface area contributed by atoms with Crippen LogP contribution < -0.4 is 10.6 Å². The summed E-state index contributed by atoms with van der Waals surface area (Å²) in [6.07, 6.45) is -0.163. The molecule has 38 heavy (non-hydrogen) atoms. The van der Waals surface area contributed by atoms with Crippen molar-refractivity contribution in [2.45, 2.75) is 49.9 Å². The normalized spacial score (nSPS) is 20.5. The number of H-pyrrole nitrogens is 1. The summed E-state index contributed by atoms with van der Waals surface area (Å²) in [4.78, 5) is 26.8. The van der Waals surface area contributed by atoms with Crippen molar-refractivity contribution in [3.05, 3.63) is 65.2 Å². The third-order valence-corrected chi connectivity index (χ3v) is 7.34. The minimum absolute atomic E-state index is 0.00312. The van der Waals surface area contributed by atoms with Gasteiger partial charge in [-0.15, -0.1) is 10.2 Å². The molecule has 2 heterocycles. The van der Waals surface area contributed by atoms with Gasteiger partial charge in [0.2, 0.25) is 11.7 Å². The van der Waals surface area contributed by atoms with E-state index in [1.807, 2.05) is 12.1 Å². The van der Waals surface area contributed by atoms with E-state index in [9.17, 15) is 22.8 Å². The molecule has 5 rings (SSSR count). The molecule has 200 valence electrons. The smallest absolute Gasteiger partial charge is 0.349 e. The fourth-order valence-corrected chi connectivity index (χ4v) is 5.24. The van der Waals surface area contributed by atoms with Gasteiger partial charge in [-0.05, 0) is 60.6 Å². The summed E-state index contributed by atoms with van der Waals surface area (Å²) in [5.41, 5.74) is 1.20. The number of tetrazole rings is 1. The van der Waals surface area contributed by atoms with E-state index in [4.69, 9.17) is 0 Å². The zero-order chi connectivity index (χ0) is 26.7. The number of carbonyl (C=O) groups excluding carboxylic acids is 2. The van der Waals surface area contributed by atoms with E-state index in [0.717, 1.165) is 56.5 Å². The van der Waals surface area contributed by atoms with E-state index >= 15 is 0 Å². The molecule has 1 aliphatic carbocycles. The third-order valence-electron chi connectivity index (χ3n) is 7.34. The van der Waals surface area contributed by atoms with E-state index in [1.165, 1.54) is 17.7 Å². The molecule has 0 unspecified atom stereocenters. The number of carbonyl (C=O) groups is 2. The highest BCUT2D eigenvalue weighted by Gasteiger charge is 2.35. The van der Waals surface area contributed by atoms with Crippen LogP contribution in [-0.2, 0) is 11.0 Å². The second kappa shape index (κ2) is 10.9. The van der Waals surface area contributed by atoms with Gasteiger partial charge in [-0.3, -0.25) is 14.5 Å². The molecular formula is C26H28F3N7O2. The average Bonchev–Trinajstić information content (AvgIpc) is 3.44. The molecule has 0 radical (unpaired) electrons. The Kier molecular flexibility index (Phi) is 7.41. The fraction of sp³-hybridized carbons (Fsp3) is 0.423. The molecule has 1 aliphatic heterocycles. The summed E-state index contributed by atoms with van der Waals surface area (Å²) in [5.74, 6) is 0.0196. The predicted molar refractivity (Wildman–Crippen MR) is 132 cm³/mol. The van der Waals surface area contributed by atoms with Gasteiger partial charge >= 0.3 is 6.18 Å². The number of hydrogen-bond acceptors (Lipinski definition) is 6. The number of nitrogens with one attached hydrogen (secondary N) is 3. The molecule has 1 saturated carbocycles. The van der Waals surface area contributed by atoms with Crippen LogP contribution in [0.5, 0.6) is 0 Å². The number of aromatic nitrogens is 4. The summed E-state index contributed by atoms with van der Waals surface area (Å²) in [6.45, 7) is 1.21. The van der Waals surface area contributed by atoms with Crippen molar-refractivity contribution in [2.24, 2.45) is 0 Å². The van der Waals surface area contributed by atoms with Crippen LogP contribution in [0.1, 0.15) is 53.1 Å². The molecule has 0 atom stereocenters. The van der Waals surface area contributed by atoms with Crippen LogP contribution in [0.4, 0.5) is 13.2 Å². The molecule has 2 amide bonds. The average molecular weight is 528 g/mol. The Labute approximate surface area is 217 Å². The number of amides is 2. The van der Waals surface area contributed by atoms with Gasteiger partial charge in [-0.2, -0.15) is 18.4 Å². The highest BCUT2D eigenvalue weighted by Crippen LogP contribution is 2.36. The largest absolute Gasteiger partial charge is 0.416 e. The van der Waals surface area contributed by atoms with Gasteiger partial charge in [-0.25, -0.2) is 0 Å². The highest BCUT2D eigenvalue weighted by molar-refractivity contribution is 5.96. The Bertz CT molecular complexity index is 1250. The fourth-order valence-electron chi connectivity index (χ4n) is 5.24. The molecule has 3 N–H and O–H groups in total. The number of nitrogens with zero attached hydrogens (tertiary/aromatic N) is 4. The van der Waals surface area contributed by atoms with Crippen molar-refractivity contribution in [1.82, 2.24) is 36.2 Å². The Hall–Kier alpha value is -3.80. The summed E-state index contributed by atoms with van der Waals surface area (Å²) in [7, 11) is 0. The lowest BCUT2D eigenvalue weighted by Gasteiger charge is -2.46. The van der Waals surface area contributed by atoms with E-state index in [1.54, 1.807) is 0 Å². The van der Waals surface area contributed by atoms with Crippen LogP contribution in [-0.4, -0.2) is 69.1 Å². The van der Waals surface area contributed by atoms with E-state index in [0.29, 0.717) is 17.8 Å². The van der Waals surface area contributed by atoms with Gasteiger partial charge in [0.15, 0.2) is 0 Å². The van der Waals surface area contributed by atoms with E-state index in [-0.39, 0.29) is 24.1 Å². The summed E-state index contributed by atoms with van der Waals surface area (Å²) >= 11 is 0. The lowest BCUT2D eigenvalue weighted by Crippen LogP contribution is -2.63. The standard InChI is InChI=1S/C26H28F3N7O2/c27-26(28,29)20-3-1-2-19(12-20)25(38)30-13-23(37)31-21-14-36(15-21)22-10-8-17(9-11-22)16-4-6-18(7-5-16)24-32-34-35-33-24/h1-7,12,17,21-22H,8-11,13-15H2,(H,30,38)(H,31,37)(H,32,33,34,35). The van der Waals surface area contributed by atoms with Gasteiger partial charge < -0.3 is 10.6 Å². The molecule has 0 bridgehead atoms. The zero-order valence-corrected chi connectivity index (χ0v) is 20.5. The Morgan fingerprint density at radius 2 is 1.76 bits per heavy atom. The molecule has 2 aromatic carbocycles. The number of halogens is 3. The second-order valence-electron chi connectivity index (χ2n) is 9.84. The first-order valence-corrected chi connectivity index (χ1v) is 12.6. The molecule has 9 nitrogen and oxygen atoms in total. The maximum absolute atomic E-state index is 12.8. The van der Waals surface area contributed by atoms with Crippen LogP contribution in [0.15, 0.2) is 48.5 Å². The van der Waals surface area contributed by atoms with Crippen LogP contribution >= 0.6 is 0 Å². The van der Waals surface area contributed by atoms with Crippen LogP contribution in [0, 0.1) is 0 Å². The quantitative estimate of drug-likeness (QED) is 0.435. The Balaban J connectivity index is 1.01. The van der Waals surface area contributed by atoms with Gasteiger partial charge in [0.1, 0.15) is 0 Å². The zero-order valence-electron chi connectivity index (χ0n) is 20.5. The number of aromatic amines is 1. The molecule has 1 aromatic heterocycles. The van der Waals surface area contributed by atoms with Crippen molar-refractivity contribution in [3.63, 3.8) is 0 Å². The van der Waals surface area contributed by atoms with Crippen molar-refractivity contribution in [2.75, 3.05) is 19.6 Å². The Morgan fingerprint density at radius 3 is 2.42 bits per heavy atom. The van der Waals surface area contributed by atoms with Crippen LogP contribution in [0.2, 0.25) is 0 Å². The van der Waals surface area contributed by atoms with Gasteiger partial charge in [0, 0.05) is 30.3 Å². The topological polar surface area (TPSA) is 116 Å². The monoisotopic (exact) mass is 527 g/mol. The molecule has 0 spiro atoms. The maximum atomic E-state index is 12.8. The van der Waals surface area contributed by atoms with E-state index < -0.39 is 17.6 Å². The number of benzene rings is 2. The van der Waals surface area contributed by atoms with Crippen molar-refractivity contribution in [3.8, 4) is 11.4 Å². The first-order chi connectivity index (χ1) is 18.3. The van der Waals surface area contributed by atoms with Crippen LogP contribution in [0.25, 0.3) is 11.4 Å². The molecule has 2 aliphatic rings. The van der Waals surface area contributed by atoms with Crippen molar-refractivity contribution >= 4 is 11.8 Å². The van der Waals surface area contributed by atoms with Crippen molar-refractivity contribution in [1.29, 1.82) is 0 Å². The van der Waals surface area contributed by atoms with Gasteiger partial charge in [-0.1, -0.05) is 30.3 Å². The molecule has 12 heteroatoms. The van der Waals surface area contributed by atoms with Gasteiger partial charge in [0.25, 0.3) is 5.91 Å². The predicted octanol–water partition coefficient (Wildman–Crippen LogP) is 3.14. The SMILES string of the molecule is O=C(CNC(=O)c1cccc(C(F)(F)F)c1)NC1CN(C2CCC(c3ccc(-c4nn[nH]n4)cc3)CC2)C1. The summed E-state index contributed by atoms with van der Waals surface area (Å²) in [5, 5.41) is 19.4. The van der Waals surface area contributed by atoms with Crippen LogP contribution in [0.3, 0.4) is 0 Å². The number of likely N-dealkylation sites (tertiary alicyclic amines) is 1. The minimum Gasteiger partial charge on any atom is -0.349 e. The lowest BCUT2D eigenvalue weighted by atomic mass is 9.80. The first kappa shape index (κ1) is 25.8.